The molecule has 0 fully saturated rings. The number of benzene rings is 1. The maximum Gasteiger partial charge on any atom is 0.181 e. The molecule has 3 nitrogen and oxygen atoms in total. The van der Waals surface area contributed by atoms with E-state index in [1.165, 1.54) is 0 Å². The highest BCUT2D eigenvalue weighted by Crippen LogP contribution is 2.30. The van der Waals surface area contributed by atoms with Crippen LogP contribution in [0.4, 0.5) is 4.39 Å². The second kappa shape index (κ2) is 5.20. The molecule has 0 saturated carbocycles. The Balaban J connectivity index is 2.52. The molecular formula is C12H9BrClFN2O. The average Bonchev–Trinajstić information content (AvgIpc) is 2.35. The van der Waals surface area contributed by atoms with Gasteiger partial charge in [-0.3, -0.25) is 0 Å². The molecule has 1 aromatic carbocycles. The van der Waals surface area contributed by atoms with Gasteiger partial charge in [0.2, 0.25) is 0 Å². The molecule has 0 atom stereocenters. The zero-order chi connectivity index (χ0) is 13.3. The lowest BCUT2D eigenvalue weighted by molar-refractivity contribution is 0.412. The van der Waals surface area contributed by atoms with Gasteiger partial charge in [0, 0.05) is 5.56 Å². The Bertz CT molecular complexity index is 584. The molecule has 0 saturated heterocycles. The molecule has 0 aliphatic heterocycles. The van der Waals surface area contributed by atoms with Gasteiger partial charge in [-0.25, -0.2) is 14.4 Å². The molecule has 0 aliphatic carbocycles. The Morgan fingerprint density at radius 1 is 1.33 bits per heavy atom. The maximum atomic E-state index is 13.3. The highest BCUT2D eigenvalue weighted by Gasteiger charge is 2.12. The number of aromatic nitrogens is 2. The lowest BCUT2D eigenvalue weighted by Gasteiger charge is -2.07. The largest absolute Gasteiger partial charge is 0.496 e. The monoisotopic (exact) mass is 330 g/mol. The maximum absolute atomic E-state index is 13.3. The molecule has 2 aromatic rings. The highest BCUT2D eigenvalue weighted by molar-refractivity contribution is 9.10. The fourth-order valence-electron chi connectivity index (χ4n) is 1.46. The molecule has 94 valence electrons. The van der Waals surface area contributed by atoms with Gasteiger partial charge in [-0.1, -0.05) is 11.6 Å². The summed E-state index contributed by atoms with van der Waals surface area (Å²) in [6.45, 7) is 1.55. The van der Waals surface area contributed by atoms with Crippen molar-refractivity contribution in [2.24, 2.45) is 0 Å². The van der Waals surface area contributed by atoms with Gasteiger partial charge in [0.15, 0.2) is 16.8 Å². The van der Waals surface area contributed by atoms with Crippen molar-refractivity contribution in [3.63, 3.8) is 0 Å². The summed E-state index contributed by atoms with van der Waals surface area (Å²) in [6, 6.07) is 5.35. The van der Waals surface area contributed by atoms with Crippen molar-refractivity contribution in [2.45, 2.75) is 6.92 Å². The van der Waals surface area contributed by atoms with Crippen molar-refractivity contribution in [3.05, 3.63) is 39.3 Å². The van der Waals surface area contributed by atoms with E-state index in [0.717, 1.165) is 10.0 Å². The van der Waals surface area contributed by atoms with Gasteiger partial charge in [-0.2, -0.15) is 0 Å². The Hall–Kier alpha value is -1.20. The Morgan fingerprint density at radius 2 is 2.06 bits per heavy atom. The van der Waals surface area contributed by atoms with E-state index in [1.54, 1.807) is 32.2 Å². The van der Waals surface area contributed by atoms with E-state index in [0.29, 0.717) is 11.6 Å². The number of methoxy groups -OCH3 is 1. The van der Waals surface area contributed by atoms with Crippen LogP contribution in [0.25, 0.3) is 11.4 Å². The smallest absolute Gasteiger partial charge is 0.181 e. The third kappa shape index (κ3) is 2.47. The molecule has 1 aromatic heterocycles. The molecular weight excluding hydrogens is 322 g/mol. The summed E-state index contributed by atoms with van der Waals surface area (Å²) in [6.07, 6.45) is 0. The second-order valence-electron chi connectivity index (χ2n) is 3.59. The summed E-state index contributed by atoms with van der Waals surface area (Å²) in [7, 11) is 1.58. The predicted octanol–water partition coefficient (Wildman–Crippen LogP) is 4.02. The molecule has 0 bridgehead atoms. The minimum absolute atomic E-state index is 0.176. The summed E-state index contributed by atoms with van der Waals surface area (Å²) in [5.41, 5.74) is 0.949. The van der Waals surface area contributed by atoms with Crippen molar-refractivity contribution >= 4 is 27.5 Å². The number of hydrogen-bond donors (Lipinski definition) is 0. The number of ether oxygens (including phenoxy) is 1. The molecule has 0 radical (unpaired) electrons. The van der Waals surface area contributed by atoms with Gasteiger partial charge >= 0.3 is 0 Å². The van der Waals surface area contributed by atoms with Crippen molar-refractivity contribution < 1.29 is 9.13 Å². The van der Waals surface area contributed by atoms with Crippen LogP contribution in [-0.4, -0.2) is 17.1 Å². The van der Waals surface area contributed by atoms with E-state index in [2.05, 4.69) is 25.9 Å². The van der Waals surface area contributed by atoms with Crippen LogP contribution in [0.3, 0.4) is 0 Å². The number of nitrogens with zero attached hydrogens (tertiary/aromatic N) is 2. The van der Waals surface area contributed by atoms with Crippen molar-refractivity contribution in [1.29, 1.82) is 0 Å². The molecule has 2 rings (SSSR count). The zero-order valence-corrected chi connectivity index (χ0v) is 12.0. The summed E-state index contributed by atoms with van der Waals surface area (Å²) in [5, 5.41) is -0.176. The number of hydrogen-bond acceptors (Lipinski definition) is 3. The van der Waals surface area contributed by atoms with Crippen LogP contribution in [-0.2, 0) is 0 Å². The van der Waals surface area contributed by atoms with E-state index < -0.39 is 5.82 Å². The SMILES string of the molecule is COc1ccc(-c2nc(C)c(F)c(Cl)n2)cc1Br. The number of halogens is 3. The van der Waals surface area contributed by atoms with E-state index in [1.807, 2.05) is 0 Å². The first-order valence-corrected chi connectivity index (χ1v) is 6.23. The van der Waals surface area contributed by atoms with E-state index in [-0.39, 0.29) is 10.8 Å². The van der Waals surface area contributed by atoms with Crippen molar-refractivity contribution in [3.8, 4) is 17.1 Å². The van der Waals surface area contributed by atoms with Gasteiger partial charge in [-0.05, 0) is 41.1 Å². The topological polar surface area (TPSA) is 35.0 Å². The molecule has 0 N–H and O–H groups in total. The fourth-order valence-corrected chi connectivity index (χ4v) is 2.22. The first-order valence-electron chi connectivity index (χ1n) is 5.06. The molecule has 0 aliphatic rings. The van der Waals surface area contributed by atoms with Crippen molar-refractivity contribution in [2.75, 3.05) is 7.11 Å². The van der Waals surface area contributed by atoms with Gasteiger partial charge in [0.1, 0.15) is 5.75 Å². The van der Waals surface area contributed by atoms with Crippen LogP contribution >= 0.6 is 27.5 Å². The van der Waals surface area contributed by atoms with Crippen LogP contribution in [0.15, 0.2) is 22.7 Å². The number of aryl methyl sites for hydroxylation is 1. The normalized spacial score (nSPS) is 10.5. The summed E-state index contributed by atoms with van der Waals surface area (Å²) >= 11 is 9.07. The minimum atomic E-state index is -0.590. The van der Waals surface area contributed by atoms with Crippen LogP contribution in [0.5, 0.6) is 5.75 Å². The lowest BCUT2D eigenvalue weighted by Crippen LogP contribution is -1.97. The average molecular weight is 332 g/mol. The fraction of sp³-hybridized carbons (Fsp3) is 0.167. The first kappa shape index (κ1) is 13.2. The third-order valence-electron chi connectivity index (χ3n) is 2.39. The van der Waals surface area contributed by atoms with E-state index in [4.69, 9.17) is 16.3 Å². The molecule has 18 heavy (non-hydrogen) atoms. The van der Waals surface area contributed by atoms with Gasteiger partial charge < -0.3 is 4.74 Å². The molecule has 6 heteroatoms. The highest BCUT2D eigenvalue weighted by atomic mass is 79.9. The van der Waals surface area contributed by atoms with E-state index >= 15 is 0 Å². The molecule has 0 unspecified atom stereocenters. The van der Waals surface area contributed by atoms with E-state index in [9.17, 15) is 4.39 Å². The van der Waals surface area contributed by atoms with Crippen LogP contribution < -0.4 is 4.74 Å². The molecule has 0 spiro atoms. The van der Waals surface area contributed by atoms with Crippen molar-refractivity contribution in [1.82, 2.24) is 9.97 Å². The predicted molar refractivity (Wildman–Crippen MR) is 71.4 cm³/mol. The summed E-state index contributed by atoms with van der Waals surface area (Å²) < 4.78 is 19.2. The van der Waals surface area contributed by atoms with Gasteiger partial charge in [0.05, 0.1) is 17.3 Å². The standard InChI is InChI=1S/C12H9BrClFN2O/c1-6-10(15)11(14)17-12(16-6)7-3-4-9(18-2)8(13)5-7/h3-5H,1-2H3. The third-order valence-corrected chi connectivity index (χ3v) is 3.26. The summed E-state index contributed by atoms with van der Waals surface area (Å²) in [4.78, 5) is 7.99. The minimum Gasteiger partial charge on any atom is -0.496 e. The van der Waals surface area contributed by atoms with Crippen LogP contribution in [0, 0.1) is 12.7 Å². The van der Waals surface area contributed by atoms with Gasteiger partial charge in [-0.15, -0.1) is 0 Å². The quantitative estimate of drug-likeness (QED) is 0.780. The Morgan fingerprint density at radius 3 is 2.61 bits per heavy atom. The number of rotatable bonds is 2. The zero-order valence-electron chi connectivity index (χ0n) is 9.67. The van der Waals surface area contributed by atoms with Crippen LogP contribution in [0.1, 0.15) is 5.69 Å². The second-order valence-corrected chi connectivity index (χ2v) is 4.80. The molecule has 1 heterocycles. The lowest BCUT2D eigenvalue weighted by atomic mass is 10.2. The van der Waals surface area contributed by atoms with Gasteiger partial charge in [0.25, 0.3) is 0 Å². The Kier molecular flexibility index (Phi) is 3.82. The molecule has 0 amide bonds. The first-order chi connectivity index (χ1) is 8.52. The van der Waals surface area contributed by atoms with Crippen LogP contribution in [0.2, 0.25) is 5.15 Å². The Labute approximate surface area is 117 Å². The summed E-state index contributed by atoms with van der Waals surface area (Å²) in [5.74, 6) is 0.485.